The Bertz CT molecular complexity index is 32.7. The number of nitrogens with zero attached hydrogens (tertiary/aromatic N) is 1. The minimum atomic E-state index is -1.75. The third-order valence-electron chi connectivity index (χ3n) is 0. The fourth-order valence-corrected chi connectivity index (χ4v) is 0. The van der Waals surface area contributed by atoms with Crippen LogP contribution in [0.15, 0.2) is 0 Å². The van der Waals surface area contributed by atoms with Crippen LogP contribution >= 0.6 is 0 Å². The van der Waals surface area contributed by atoms with Gasteiger partial charge >= 0.3 is 54.6 Å². The van der Waals surface area contributed by atoms with Gasteiger partial charge in [0.25, 0.3) is 0 Å². The molecule has 0 aromatic heterocycles. The zero-order valence-corrected chi connectivity index (χ0v) is 11.6. The van der Waals surface area contributed by atoms with Crippen LogP contribution in [0.2, 0.25) is 0 Å². The third kappa shape index (κ3) is 174. The zero-order valence-electron chi connectivity index (χ0n) is 3.49. The molecule has 0 aliphatic heterocycles. The molecular formula is Cd2NO4+. The van der Waals surface area contributed by atoms with E-state index in [9.17, 15) is 0 Å². The summed E-state index contributed by atoms with van der Waals surface area (Å²) in [5.41, 5.74) is 0. The van der Waals surface area contributed by atoms with E-state index in [1.54, 1.807) is 0 Å². The molecule has 0 spiro atoms. The Morgan fingerprint density at radius 3 is 1.14 bits per heavy atom. The first-order valence-electron chi connectivity index (χ1n) is 0.548. The van der Waals surface area contributed by atoms with Gasteiger partial charge < -0.3 is 20.8 Å². The van der Waals surface area contributed by atoms with Crippen LogP contribution in [0.4, 0.5) is 0 Å². The van der Waals surface area contributed by atoms with Crippen LogP contribution in [-0.4, -0.2) is 5.09 Å². The van der Waals surface area contributed by atoms with Gasteiger partial charge in [-0.2, -0.15) is 0 Å². The van der Waals surface area contributed by atoms with Crippen LogP contribution in [-0.2, 0) is 60.1 Å². The third-order valence-corrected chi connectivity index (χ3v) is 0. The summed E-state index contributed by atoms with van der Waals surface area (Å²) in [4.78, 5) is 8.25. The molecule has 0 heterocycles. The second-order valence-corrected chi connectivity index (χ2v) is 0.224. The van der Waals surface area contributed by atoms with Crippen LogP contribution in [0.3, 0.4) is 0 Å². The molecule has 0 radical (unpaired) electrons. The summed E-state index contributed by atoms with van der Waals surface area (Å²) in [5.74, 6) is 0. The van der Waals surface area contributed by atoms with Crippen molar-refractivity contribution in [2.75, 3.05) is 0 Å². The van der Waals surface area contributed by atoms with Gasteiger partial charge in [0.15, 0.2) is 0 Å². The molecule has 0 saturated carbocycles. The fourth-order valence-electron chi connectivity index (χ4n) is 0. The first-order chi connectivity index (χ1) is 1.73. The maximum Gasteiger partial charge on any atom is 2.00 e. The van der Waals surface area contributed by atoms with Gasteiger partial charge in [0.2, 0.25) is 0 Å². The van der Waals surface area contributed by atoms with Crippen LogP contribution in [0.5, 0.6) is 0 Å². The van der Waals surface area contributed by atoms with Gasteiger partial charge in [-0.05, 0) is 0 Å². The van der Waals surface area contributed by atoms with E-state index in [2.05, 4.69) is 0 Å². The molecule has 32 valence electrons. The van der Waals surface area contributed by atoms with Crippen molar-refractivity contribution in [1.82, 2.24) is 0 Å². The van der Waals surface area contributed by atoms with E-state index in [1.807, 2.05) is 0 Å². The standard InChI is InChI=1S/2Cd.NO3.O/c;;2-1(3)4;/q2*+2;-1;-2. The van der Waals surface area contributed by atoms with Crippen LogP contribution in [0.25, 0.3) is 0 Å². The second kappa shape index (κ2) is 15.7. The smallest absolute Gasteiger partial charge is 2.00 e. The maximum absolute atomic E-state index is 8.25. The van der Waals surface area contributed by atoms with Crippen molar-refractivity contribution in [2.45, 2.75) is 0 Å². The van der Waals surface area contributed by atoms with E-state index in [0.717, 1.165) is 0 Å². The summed E-state index contributed by atoms with van der Waals surface area (Å²) in [7, 11) is 0. The number of rotatable bonds is 0. The Balaban J connectivity index is -0.0000000150. The van der Waals surface area contributed by atoms with Crippen LogP contribution in [0, 0.1) is 15.3 Å². The molecule has 0 fully saturated rings. The van der Waals surface area contributed by atoms with Gasteiger partial charge in [0, 0.05) is 0 Å². The van der Waals surface area contributed by atoms with Crippen molar-refractivity contribution >= 4 is 0 Å². The number of hydrogen-bond donors (Lipinski definition) is 0. The van der Waals surface area contributed by atoms with E-state index in [4.69, 9.17) is 15.3 Å². The maximum atomic E-state index is 8.25. The first kappa shape index (κ1) is 24.5. The van der Waals surface area contributed by atoms with Gasteiger partial charge in [-0.25, -0.2) is 0 Å². The predicted octanol–water partition coefficient (Wildman–Crippen LogP) is -0.363. The van der Waals surface area contributed by atoms with Crippen molar-refractivity contribution in [3.05, 3.63) is 15.3 Å². The van der Waals surface area contributed by atoms with Gasteiger partial charge in [0.05, 0.1) is 5.09 Å². The zero-order chi connectivity index (χ0) is 3.58. The minimum absolute atomic E-state index is 0. The molecule has 0 N–H and O–H groups in total. The van der Waals surface area contributed by atoms with Gasteiger partial charge in [-0.15, -0.1) is 0 Å². The molecule has 0 unspecified atom stereocenters. The quantitative estimate of drug-likeness (QED) is 0.347. The largest absolute Gasteiger partial charge is 2.00 e. The molecule has 0 atom stereocenters. The average molecular weight is 303 g/mol. The van der Waals surface area contributed by atoms with Gasteiger partial charge in [-0.1, -0.05) is 0 Å². The Morgan fingerprint density at radius 2 is 1.14 bits per heavy atom. The van der Waals surface area contributed by atoms with Crippen molar-refractivity contribution in [3.8, 4) is 0 Å². The Labute approximate surface area is 79.8 Å². The van der Waals surface area contributed by atoms with Crippen molar-refractivity contribution < 1.29 is 65.2 Å². The monoisotopic (exact) mass is 306 g/mol. The SMILES string of the molecule is O=[N+]([O-])[O-].[Cd+2].[Cd+2].[O-2]. The molecule has 0 rings (SSSR count). The summed E-state index contributed by atoms with van der Waals surface area (Å²) in [6.07, 6.45) is 0. The molecule has 0 bridgehead atoms. The van der Waals surface area contributed by atoms with Crippen molar-refractivity contribution in [3.63, 3.8) is 0 Å². The second-order valence-electron chi connectivity index (χ2n) is 0.224. The van der Waals surface area contributed by atoms with E-state index >= 15 is 0 Å². The van der Waals surface area contributed by atoms with E-state index in [-0.39, 0.29) is 60.1 Å². The summed E-state index contributed by atoms with van der Waals surface area (Å²) in [5, 5.41) is 14.8. The summed E-state index contributed by atoms with van der Waals surface area (Å²) in [6.45, 7) is 0. The first-order valence-corrected chi connectivity index (χ1v) is 0.548. The molecule has 7 heavy (non-hydrogen) atoms. The van der Waals surface area contributed by atoms with Crippen molar-refractivity contribution in [1.29, 1.82) is 0 Å². The molecule has 5 nitrogen and oxygen atoms in total. The van der Waals surface area contributed by atoms with E-state index in [0.29, 0.717) is 0 Å². The van der Waals surface area contributed by atoms with Gasteiger partial charge in [-0.3, -0.25) is 0 Å². The topological polar surface area (TPSA) is 94.7 Å². The normalized spacial score (nSPS) is 3.43. The molecule has 7 heteroatoms. The Hall–Kier alpha value is 1.00. The molecule has 0 aromatic carbocycles. The summed E-state index contributed by atoms with van der Waals surface area (Å²) < 4.78 is 0. The summed E-state index contributed by atoms with van der Waals surface area (Å²) in [6, 6.07) is 0. The van der Waals surface area contributed by atoms with Crippen LogP contribution in [0.1, 0.15) is 0 Å². The molecular weight excluding hydrogens is 303 g/mol. The molecule has 0 amide bonds. The summed E-state index contributed by atoms with van der Waals surface area (Å²) >= 11 is 0. The molecule has 0 saturated heterocycles. The minimum Gasteiger partial charge on any atom is -2.00 e. The van der Waals surface area contributed by atoms with E-state index < -0.39 is 5.09 Å². The average Bonchev–Trinajstić information content (AvgIpc) is 0.811. The molecule has 0 aromatic rings. The van der Waals surface area contributed by atoms with E-state index in [1.165, 1.54) is 0 Å². The molecule has 0 aliphatic rings. The number of hydrogen-bond acceptors (Lipinski definition) is 3. The van der Waals surface area contributed by atoms with Gasteiger partial charge in [0.1, 0.15) is 0 Å². The van der Waals surface area contributed by atoms with Crippen LogP contribution < -0.4 is 0 Å². The van der Waals surface area contributed by atoms with Crippen molar-refractivity contribution in [2.24, 2.45) is 0 Å². The Morgan fingerprint density at radius 1 is 1.14 bits per heavy atom. The fraction of sp³-hybridized carbons (Fsp3) is 0. The molecule has 0 aliphatic carbocycles. The Kier molecular flexibility index (Phi) is 55.1. The predicted molar refractivity (Wildman–Crippen MR) is 11.0 cm³/mol.